The quantitative estimate of drug-likeness (QED) is 0.891. The third-order valence-corrected chi connectivity index (χ3v) is 4.62. The number of nitrogens with one attached hydrogen (secondary N) is 1. The number of amides is 1. The minimum Gasteiger partial charge on any atom is -0.393 e. The third kappa shape index (κ3) is 3.49. The zero-order chi connectivity index (χ0) is 14.7. The van der Waals surface area contributed by atoms with E-state index < -0.39 is 0 Å². The fourth-order valence-corrected chi connectivity index (χ4v) is 3.37. The molecular formula is C16H18N2O2S. The summed E-state index contributed by atoms with van der Waals surface area (Å²) in [5.74, 6) is 0.270. The molecule has 2 aromatic rings. The molecule has 5 heteroatoms. The standard InChI is InChI=1S/C16H18N2O2S/c19-13-8-12(9-13)16(14-3-1-2-5-17-14)18-15(20)7-11-4-6-21-10-11/h1-6,10,12-13,16,19H,7-9H2,(H,18,20). The molecule has 110 valence electrons. The van der Waals surface area contributed by atoms with Crippen LogP contribution in [0.3, 0.4) is 0 Å². The molecule has 1 fully saturated rings. The Morgan fingerprint density at radius 2 is 2.29 bits per heavy atom. The van der Waals surface area contributed by atoms with Crippen molar-refractivity contribution in [3.8, 4) is 0 Å². The second kappa shape index (κ2) is 6.37. The number of nitrogens with zero attached hydrogens (tertiary/aromatic N) is 1. The summed E-state index contributed by atoms with van der Waals surface area (Å²) in [6.45, 7) is 0. The van der Waals surface area contributed by atoms with Crippen LogP contribution < -0.4 is 5.32 Å². The van der Waals surface area contributed by atoms with E-state index >= 15 is 0 Å². The van der Waals surface area contributed by atoms with E-state index in [1.807, 2.05) is 35.0 Å². The molecule has 0 spiro atoms. The molecule has 2 N–H and O–H groups in total. The predicted octanol–water partition coefficient (Wildman–Crippen LogP) is 2.31. The van der Waals surface area contributed by atoms with Crippen molar-refractivity contribution in [3.05, 3.63) is 52.5 Å². The van der Waals surface area contributed by atoms with Crippen LogP contribution in [-0.2, 0) is 11.2 Å². The highest BCUT2D eigenvalue weighted by molar-refractivity contribution is 7.07. The summed E-state index contributed by atoms with van der Waals surface area (Å²) in [5, 5.41) is 16.6. The lowest BCUT2D eigenvalue weighted by Gasteiger charge is -2.37. The summed E-state index contributed by atoms with van der Waals surface area (Å²) >= 11 is 1.59. The molecular weight excluding hydrogens is 284 g/mol. The van der Waals surface area contributed by atoms with Gasteiger partial charge in [0.25, 0.3) is 0 Å². The van der Waals surface area contributed by atoms with Crippen LogP contribution >= 0.6 is 11.3 Å². The fourth-order valence-electron chi connectivity index (χ4n) is 2.70. The smallest absolute Gasteiger partial charge is 0.224 e. The van der Waals surface area contributed by atoms with E-state index in [0.717, 1.165) is 24.1 Å². The number of carbonyl (C=O) groups is 1. The summed E-state index contributed by atoms with van der Waals surface area (Å²) in [6.07, 6.45) is 3.33. The van der Waals surface area contributed by atoms with Gasteiger partial charge in [0.05, 0.1) is 24.3 Å². The van der Waals surface area contributed by atoms with Crippen LogP contribution in [-0.4, -0.2) is 22.1 Å². The van der Waals surface area contributed by atoms with E-state index in [2.05, 4.69) is 10.3 Å². The van der Waals surface area contributed by atoms with Crippen molar-refractivity contribution in [2.24, 2.45) is 5.92 Å². The molecule has 1 aliphatic carbocycles. The van der Waals surface area contributed by atoms with Gasteiger partial charge in [-0.15, -0.1) is 0 Å². The van der Waals surface area contributed by atoms with Gasteiger partial charge in [0.15, 0.2) is 0 Å². The van der Waals surface area contributed by atoms with Crippen molar-refractivity contribution in [3.63, 3.8) is 0 Å². The number of aromatic nitrogens is 1. The molecule has 3 rings (SSSR count). The molecule has 2 heterocycles. The van der Waals surface area contributed by atoms with E-state index in [0.29, 0.717) is 6.42 Å². The van der Waals surface area contributed by atoms with Gasteiger partial charge >= 0.3 is 0 Å². The SMILES string of the molecule is O=C(Cc1ccsc1)NC(c1ccccn1)C1CC(O)C1. The van der Waals surface area contributed by atoms with Crippen molar-refractivity contribution in [2.75, 3.05) is 0 Å². The predicted molar refractivity (Wildman–Crippen MR) is 81.9 cm³/mol. The summed E-state index contributed by atoms with van der Waals surface area (Å²) in [7, 11) is 0. The first-order valence-corrected chi connectivity index (χ1v) is 8.06. The monoisotopic (exact) mass is 302 g/mol. The number of rotatable bonds is 5. The molecule has 0 aliphatic heterocycles. The largest absolute Gasteiger partial charge is 0.393 e. The van der Waals surface area contributed by atoms with E-state index in [1.54, 1.807) is 17.5 Å². The Morgan fingerprint density at radius 1 is 1.43 bits per heavy atom. The van der Waals surface area contributed by atoms with E-state index in [4.69, 9.17) is 0 Å². The molecule has 0 radical (unpaired) electrons. The Hall–Kier alpha value is -1.72. The average Bonchev–Trinajstić information content (AvgIpc) is 2.95. The van der Waals surface area contributed by atoms with Gasteiger partial charge in [-0.25, -0.2) is 0 Å². The first kappa shape index (κ1) is 14.2. The third-order valence-electron chi connectivity index (χ3n) is 3.89. The number of aliphatic hydroxyl groups excluding tert-OH is 1. The van der Waals surface area contributed by atoms with Crippen LogP contribution in [0.25, 0.3) is 0 Å². The molecule has 1 unspecified atom stereocenters. The highest BCUT2D eigenvalue weighted by atomic mass is 32.1. The zero-order valence-corrected chi connectivity index (χ0v) is 12.4. The Kier molecular flexibility index (Phi) is 4.31. The zero-order valence-electron chi connectivity index (χ0n) is 11.6. The average molecular weight is 302 g/mol. The maximum Gasteiger partial charge on any atom is 0.224 e. The Morgan fingerprint density at radius 3 is 2.90 bits per heavy atom. The number of hydrogen-bond acceptors (Lipinski definition) is 4. The summed E-state index contributed by atoms with van der Waals surface area (Å²) in [5.41, 5.74) is 1.90. The first-order valence-electron chi connectivity index (χ1n) is 7.12. The lowest BCUT2D eigenvalue weighted by Crippen LogP contribution is -2.42. The second-order valence-corrected chi connectivity index (χ2v) is 6.27. The first-order chi connectivity index (χ1) is 10.2. The molecule has 0 bridgehead atoms. The minimum absolute atomic E-state index is 0.00504. The molecule has 0 aromatic carbocycles. The van der Waals surface area contributed by atoms with E-state index in [1.165, 1.54) is 0 Å². The highest BCUT2D eigenvalue weighted by Crippen LogP contribution is 2.37. The topological polar surface area (TPSA) is 62.2 Å². The van der Waals surface area contributed by atoms with Gasteiger partial charge in [0, 0.05) is 6.20 Å². The van der Waals surface area contributed by atoms with Crippen LogP contribution in [0.5, 0.6) is 0 Å². The van der Waals surface area contributed by atoms with E-state index in [9.17, 15) is 9.90 Å². The van der Waals surface area contributed by atoms with Gasteiger partial charge in [0.1, 0.15) is 0 Å². The summed E-state index contributed by atoms with van der Waals surface area (Å²) < 4.78 is 0. The maximum absolute atomic E-state index is 12.2. The number of carbonyl (C=O) groups excluding carboxylic acids is 1. The number of pyridine rings is 1. The molecule has 1 saturated carbocycles. The molecule has 2 aromatic heterocycles. The van der Waals surface area contributed by atoms with Gasteiger partial charge in [-0.05, 0) is 53.3 Å². The van der Waals surface area contributed by atoms with Gasteiger partial charge < -0.3 is 10.4 Å². The highest BCUT2D eigenvalue weighted by Gasteiger charge is 2.36. The van der Waals surface area contributed by atoms with Crippen LogP contribution in [0.15, 0.2) is 41.2 Å². The van der Waals surface area contributed by atoms with Gasteiger partial charge in [-0.1, -0.05) is 6.07 Å². The van der Waals surface area contributed by atoms with Gasteiger partial charge in [0.2, 0.25) is 5.91 Å². The van der Waals surface area contributed by atoms with Crippen molar-refractivity contribution in [2.45, 2.75) is 31.4 Å². The van der Waals surface area contributed by atoms with Gasteiger partial charge in [-0.2, -0.15) is 11.3 Å². The van der Waals surface area contributed by atoms with Crippen LogP contribution in [0.4, 0.5) is 0 Å². The Bertz CT molecular complexity index is 580. The Balaban J connectivity index is 1.69. The normalized spacial score (nSPS) is 22.3. The van der Waals surface area contributed by atoms with Crippen LogP contribution in [0.1, 0.15) is 30.1 Å². The molecule has 21 heavy (non-hydrogen) atoms. The summed E-state index contributed by atoms with van der Waals surface area (Å²) in [4.78, 5) is 16.6. The molecule has 4 nitrogen and oxygen atoms in total. The molecule has 0 saturated heterocycles. The number of hydrogen-bond donors (Lipinski definition) is 2. The van der Waals surface area contributed by atoms with Gasteiger partial charge in [-0.3, -0.25) is 9.78 Å². The number of thiophene rings is 1. The second-order valence-electron chi connectivity index (χ2n) is 5.49. The van der Waals surface area contributed by atoms with Crippen molar-refractivity contribution < 1.29 is 9.90 Å². The summed E-state index contributed by atoms with van der Waals surface area (Å²) in [6, 6.07) is 7.58. The fraction of sp³-hybridized carbons (Fsp3) is 0.375. The minimum atomic E-state index is -0.241. The lowest BCUT2D eigenvalue weighted by molar-refractivity contribution is -0.122. The van der Waals surface area contributed by atoms with Crippen molar-refractivity contribution in [1.82, 2.24) is 10.3 Å². The van der Waals surface area contributed by atoms with Crippen LogP contribution in [0.2, 0.25) is 0 Å². The van der Waals surface area contributed by atoms with Crippen molar-refractivity contribution >= 4 is 17.2 Å². The number of aliphatic hydroxyl groups is 1. The maximum atomic E-state index is 12.2. The molecule has 1 aliphatic rings. The molecule has 1 amide bonds. The lowest BCUT2D eigenvalue weighted by atomic mass is 9.76. The van der Waals surface area contributed by atoms with Crippen molar-refractivity contribution in [1.29, 1.82) is 0 Å². The Labute approximate surface area is 127 Å². The van der Waals surface area contributed by atoms with Crippen LogP contribution in [0, 0.1) is 5.92 Å². The molecule has 1 atom stereocenters. The van der Waals surface area contributed by atoms with E-state index in [-0.39, 0.29) is 24.0 Å².